The molecular weight excluding hydrogens is 198 g/mol. The van der Waals surface area contributed by atoms with Crippen molar-refractivity contribution in [1.82, 2.24) is 5.32 Å². The van der Waals surface area contributed by atoms with Crippen molar-refractivity contribution in [2.75, 3.05) is 6.54 Å². The maximum absolute atomic E-state index is 10.2. The van der Waals surface area contributed by atoms with E-state index in [-0.39, 0.29) is 0 Å². The molecule has 0 bridgehead atoms. The topological polar surface area (TPSA) is 32.3 Å². The van der Waals surface area contributed by atoms with Gasteiger partial charge in [0.25, 0.3) is 0 Å². The van der Waals surface area contributed by atoms with E-state index in [1.165, 1.54) is 32.1 Å². The van der Waals surface area contributed by atoms with Crippen LogP contribution in [-0.4, -0.2) is 23.3 Å². The lowest BCUT2D eigenvalue weighted by atomic mass is 9.84. The SMILES string of the molecule is CC(NCC(C)(O)C(C)C)C1CCCCC1. The number of hydrogen-bond donors (Lipinski definition) is 2. The molecule has 0 amide bonds. The first-order valence-corrected chi connectivity index (χ1v) is 6.89. The minimum atomic E-state index is -0.580. The van der Waals surface area contributed by atoms with Crippen LogP contribution in [0.3, 0.4) is 0 Å². The van der Waals surface area contributed by atoms with Crippen molar-refractivity contribution < 1.29 is 5.11 Å². The lowest BCUT2D eigenvalue weighted by Crippen LogP contribution is -2.47. The molecule has 2 N–H and O–H groups in total. The first kappa shape index (κ1) is 14.0. The maximum atomic E-state index is 10.2. The molecule has 0 radical (unpaired) electrons. The van der Waals surface area contributed by atoms with Crippen LogP contribution >= 0.6 is 0 Å². The zero-order valence-corrected chi connectivity index (χ0v) is 11.4. The van der Waals surface area contributed by atoms with E-state index >= 15 is 0 Å². The van der Waals surface area contributed by atoms with Crippen molar-refractivity contribution in [2.24, 2.45) is 11.8 Å². The molecule has 0 spiro atoms. The van der Waals surface area contributed by atoms with Crippen LogP contribution < -0.4 is 5.32 Å². The quantitative estimate of drug-likeness (QED) is 0.757. The number of rotatable bonds is 5. The lowest BCUT2D eigenvalue weighted by Gasteiger charge is -2.33. The van der Waals surface area contributed by atoms with Crippen LogP contribution in [-0.2, 0) is 0 Å². The fourth-order valence-electron chi connectivity index (χ4n) is 2.37. The second-order valence-electron chi connectivity index (χ2n) is 6.08. The van der Waals surface area contributed by atoms with Gasteiger partial charge in [-0.3, -0.25) is 0 Å². The average molecular weight is 227 g/mol. The van der Waals surface area contributed by atoms with E-state index in [9.17, 15) is 5.11 Å². The summed E-state index contributed by atoms with van der Waals surface area (Å²) in [5.74, 6) is 1.12. The third-order valence-corrected chi connectivity index (χ3v) is 4.38. The van der Waals surface area contributed by atoms with Gasteiger partial charge in [0.1, 0.15) is 0 Å². The molecule has 1 fully saturated rings. The molecule has 1 aliphatic rings. The molecule has 2 unspecified atom stereocenters. The molecule has 2 atom stereocenters. The molecule has 96 valence electrons. The van der Waals surface area contributed by atoms with Gasteiger partial charge in [0, 0.05) is 12.6 Å². The summed E-state index contributed by atoms with van der Waals surface area (Å²) in [5.41, 5.74) is -0.580. The monoisotopic (exact) mass is 227 g/mol. The smallest absolute Gasteiger partial charge is 0.0766 e. The molecule has 1 rings (SSSR count). The third-order valence-electron chi connectivity index (χ3n) is 4.38. The van der Waals surface area contributed by atoms with Gasteiger partial charge >= 0.3 is 0 Å². The van der Waals surface area contributed by atoms with Crippen LogP contribution in [0.5, 0.6) is 0 Å². The Balaban J connectivity index is 2.31. The molecular formula is C14H29NO. The first-order chi connectivity index (χ1) is 7.43. The predicted molar refractivity (Wildman–Crippen MR) is 69.5 cm³/mol. The molecule has 0 aromatic carbocycles. The third kappa shape index (κ3) is 4.06. The van der Waals surface area contributed by atoms with Crippen molar-refractivity contribution in [1.29, 1.82) is 0 Å². The highest BCUT2D eigenvalue weighted by Crippen LogP contribution is 2.26. The van der Waals surface area contributed by atoms with E-state index in [0.717, 1.165) is 5.92 Å². The Morgan fingerprint density at radius 3 is 2.25 bits per heavy atom. The zero-order chi connectivity index (χ0) is 12.2. The van der Waals surface area contributed by atoms with E-state index < -0.39 is 5.60 Å². The summed E-state index contributed by atoms with van der Waals surface area (Å²) in [7, 11) is 0. The van der Waals surface area contributed by atoms with Gasteiger partial charge in [-0.15, -0.1) is 0 Å². The number of hydrogen-bond acceptors (Lipinski definition) is 2. The van der Waals surface area contributed by atoms with Gasteiger partial charge in [0.2, 0.25) is 0 Å². The second kappa shape index (κ2) is 6.02. The Bertz CT molecular complexity index is 195. The minimum Gasteiger partial charge on any atom is -0.389 e. The van der Waals surface area contributed by atoms with E-state index in [0.29, 0.717) is 18.5 Å². The zero-order valence-electron chi connectivity index (χ0n) is 11.4. The Morgan fingerprint density at radius 1 is 1.19 bits per heavy atom. The molecule has 1 saturated carbocycles. The van der Waals surface area contributed by atoms with Gasteiger partial charge < -0.3 is 10.4 Å². The highest BCUT2D eigenvalue weighted by Gasteiger charge is 2.27. The molecule has 0 aromatic heterocycles. The summed E-state index contributed by atoms with van der Waals surface area (Å²) in [5, 5.41) is 13.7. The van der Waals surface area contributed by atoms with Crippen molar-refractivity contribution in [2.45, 2.75) is 71.4 Å². The van der Waals surface area contributed by atoms with E-state index in [4.69, 9.17) is 0 Å². The maximum Gasteiger partial charge on any atom is 0.0766 e. The standard InChI is InChI=1S/C14H29NO/c1-11(2)14(4,16)10-15-12(3)13-8-6-5-7-9-13/h11-13,15-16H,5-10H2,1-4H3. The van der Waals surface area contributed by atoms with E-state index in [1.54, 1.807) is 0 Å². The minimum absolute atomic E-state index is 0.304. The Morgan fingerprint density at radius 2 is 1.75 bits per heavy atom. The lowest BCUT2D eigenvalue weighted by molar-refractivity contribution is 0.00998. The highest BCUT2D eigenvalue weighted by molar-refractivity contribution is 4.83. The van der Waals surface area contributed by atoms with Gasteiger partial charge in [-0.2, -0.15) is 0 Å². The Hall–Kier alpha value is -0.0800. The van der Waals surface area contributed by atoms with Gasteiger partial charge in [-0.25, -0.2) is 0 Å². The fourth-order valence-corrected chi connectivity index (χ4v) is 2.37. The second-order valence-corrected chi connectivity index (χ2v) is 6.08. The number of nitrogens with one attached hydrogen (secondary N) is 1. The summed E-state index contributed by atoms with van der Waals surface area (Å²) in [4.78, 5) is 0. The van der Waals surface area contributed by atoms with E-state index in [2.05, 4.69) is 26.1 Å². The van der Waals surface area contributed by atoms with Crippen molar-refractivity contribution in [3.8, 4) is 0 Å². The normalized spacial score (nSPS) is 24.4. The average Bonchev–Trinajstić information content (AvgIpc) is 2.27. The van der Waals surface area contributed by atoms with Gasteiger partial charge in [0.15, 0.2) is 0 Å². The van der Waals surface area contributed by atoms with E-state index in [1.807, 2.05) is 6.92 Å². The van der Waals surface area contributed by atoms with Crippen molar-refractivity contribution >= 4 is 0 Å². The number of aliphatic hydroxyl groups is 1. The molecule has 1 aliphatic carbocycles. The predicted octanol–water partition coefficient (Wildman–Crippen LogP) is 2.95. The molecule has 0 heterocycles. The van der Waals surface area contributed by atoms with Crippen molar-refractivity contribution in [3.63, 3.8) is 0 Å². The van der Waals surface area contributed by atoms with Gasteiger partial charge in [-0.05, 0) is 38.5 Å². The molecule has 0 saturated heterocycles. The van der Waals surface area contributed by atoms with Crippen LogP contribution in [0.4, 0.5) is 0 Å². The Labute approximate surface area is 101 Å². The molecule has 0 aromatic rings. The summed E-state index contributed by atoms with van der Waals surface area (Å²) < 4.78 is 0. The van der Waals surface area contributed by atoms with Gasteiger partial charge in [0.05, 0.1) is 5.60 Å². The summed E-state index contributed by atoms with van der Waals surface area (Å²) >= 11 is 0. The molecule has 16 heavy (non-hydrogen) atoms. The summed E-state index contributed by atoms with van der Waals surface area (Å²) in [6.07, 6.45) is 6.90. The summed E-state index contributed by atoms with van der Waals surface area (Å²) in [6.45, 7) is 9.06. The summed E-state index contributed by atoms with van der Waals surface area (Å²) in [6, 6.07) is 0.547. The van der Waals surface area contributed by atoms with Crippen LogP contribution in [0.15, 0.2) is 0 Å². The largest absolute Gasteiger partial charge is 0.389 e. The van der Waals surface area contributed by atoms with Crippen LogP contribution in [0, 0.1) is 11.8 Å². The first-order valence-electron chi connectivity index (χ1n) is 6.89. The van der Waals surface area contributed by atoms with Crippen molar-refractivity contribution in [3.05, 3.63) is 0 Å². The van der Waals surface area contributed by atoms with Gasteiger partial charge in [-0.1, -0.05) is 33.1 Å². The van der Waals surface area contributed by atoms with Crippen LogP contribution in [0.1, 0.15) is 59.8 Å². The molecule has 2 heteroatoms. The molecule has 2 nitrogen and oxygen atoms in total. The Kier molecular flexibility index (Phi) is 5.26. The molecule has 0 aliphatic heterocycles. The highest BCUT2D eigenvalue weighted by atomic mass is 16.3. The van der Waals surface area contributed by atoms with Crippen LogP contribution in [0.25, 0.3) is 0 Å². The fraction of sp³-hybridized carbons (Fsp3) is 1.00. The van der Waals surface area contributed by atoms with Crippen LogP contribution in [0.2, 0.25) is 0 Å².